The number of phenolic OH excluding ortho intramolecular Hbond substituents is 1. The fraction of sp³-hybridized carbons (Fsp3) is 0.400. The summed E-state index contributed by atoms with van der Waals surface area (Å²) in [6, 6.07) is 9.40. The highest BCUT2D eigenvalue weighted by Gasteiger charge is 2.37. The summed E-state index contributed by atoms with van der Waals surface area (Å²) in [5.41, 5.74) is 13.2. The van der Waals surface area contributed by atoms with Gasteiger partial charge in [-0.2, -0.15) is 0 Å². The Balaban J connectivity index is 2.13. The van der Waals surface area contributed by atoms with E-state index in [0.29, 0.717) is 22.9 Å². The first kappa shape index (κ1) is 30.4. The van der Waals surface area contributed by atoms with Gasteiger partial charge in [-0.15, -0.1) is 0 Å². The van der Waals surface area contributed by atoms with Crippen LogP contribution in [0.4, 0.5) is 5.69 Å². The van der Waals surface area contributed by atoms with E-state index in [-0.39, 0.29) is 35.3 Å². The van der Waals surface area contributed by atoms with Crippen LogP contribution in [0.5, 0.6) is 5.75 Å². The molecule has 0 aliphatic rings. The summed E-state index contributed by atoms with van der Waals surface area (Å²) in [6.45, 7) is 9.21. The second-order valence-electron chi connectivity index (χ2n) is 10.9. The Bertz CT molecular complexity index is 1430. The minimum Gasteiger partial charge on any atom is -0.508 e. The van der Waals surface area contributed by atoms with Crippen LogP contribution >= 0.6 is 0 Å². The van der Waals surface area contributed by atoms with Gasteiger partial charge in [0.15, 0.2) is 0 Å². The van der Waals surface area contributed by atoms with Gasteiger partial charge in [-0.05, 0) is 60.6 Å². The summed E-state index contributed by atoms with van der Waals surface area (Å²) in [5.74, 6) is -1.98. The van der Waals surface area contributed by atoms with Crippen LogP contribution in [-0.2, 0) is 20.8 Å². The highest BCUT2D eigenvalue weighted by atomic mass is 16.4. The number of hydrogen-bond acceptors (Lipinski definition) is 7. The number of primary amides is 1. The van der Waals surface area contributed by atoms with E-state index >= 15 is 0 Å². The van der Waals surface area contributed by atoms with Gasteiger partial charge in [-0.1, -0.05) is 39.8 Å². The quantitative estimate of drug-likeness (QED) is 0.266. The predicted octanol–water partition coefficient (Wildman–Crippen LogP) is 2.75. The van der Waals surface area contributed by atoms with Crippen molar-refractivity contribution in [1.82, 2.24) is 5.32 Å². The zero-order valence-electron chi connectivity index (χ0n) is 23.5. The zero-order chi connectivity index (χ0) is 29.7. The van der Waals surface area contributed by atoms with Crippen LogP contribution in [0.15, 0.2) is 57.7 Å². The van der Waals surface area contributed by atoms with Crippen molar-refractivity contribution >= 4 is 34.4 Å². The number of hydrogen-bond donors (Lipinski definition) is 4. The molecular formula is C30H38N4O6. The SMILES string of the molecule is Cc1cc(=O)oc2cc(N(C(=O)C(NC(=O)C(N)CC(C)C)C(C)C)C(Cc3ccc(O)cc3)C(N)=O)ccc12. The lowest BCUT2D eigenvalue weighted by molar-refractivity contribution is -0.130. The molecule has 0 spiro atoms. The van der Waals surface area contributed by atoms with Gasteiger partial charge in [0.25, 0.3) is 5.91 Å². The number of amides is 3. The number of carbonyl (C=O) groups excluding carboxylic acids is 3. The van der Waals surface area contributed by atoms with E-state index in [9.17, 15) is 24.3 Å². The molecule has 0 aliphatic heterocycles. The molecule has 0 aliphatic carbocycles. The monoisotopic (exact) mass is 550 g/mol. The fourth-order valence-corrected chi connectivity index (χ4v) is 4.64. The van der Waals surface area contributed by atoms with Crippen molar-refractivity contribution in [3.05, 3.63) is 70.1 Å². The molecule has 6 N–H and O–H groups in total. The molecule has 0 saturated heterocycles. The highest BCUT2D eigenvalue weighted by molar-refractivity contribution is 6.05. The molecule has 1 heterocycles. The van der Waals surface area contributed by atoms with E-state index in [1.54, 1.807) is 45.0 Å². The number of aryl methyl sites for hydroxylation is 1. The number of carbonyl (C=O) groups is 3. The maximum atomic E-state index is 14.3. The topological polar surface area (TPSA) is 169 Å². The molecular weight excluding hydrogens is 512 g/mol. The third-order valence-electron chi connectivity index (χ3n) is 6.75. The minimum atomic E-state index is -1.17. The van der Waals surface area contributed by atoms with Crippen LogP contribution in [0.1, 0.15) is 45.2 Å². The summed E-state index contributed by atoms with van der Waals surface area (Å²) in [6.07, 6.45) is 0.463. The van der Waals surface area contributed by atoms with Crippen LogP contribution in [0.3, 0.4) is 0 Å². The number of nitrogens with two attached hydrogens (primary N) is 2. The molecule has 1 aromatic heterocycles. The highest BCUT2D eigenvalue weighted by Crippen LogP contribution is 2.28. The molecule has 3 atom stereocenters. The van der Waals surface area contributed by atoms with Gasteiger partial charge in [0.05, 0.1) is 6.04 Å². The van der Waals surface area contributed by atoms with Gasteiger partial charge in [0, 0.05) is 29.6 Å². The Kier molecular flexibility index (Phi) is 9.70. The van der Waals surface area contributed by atoms with Crippen LogP contribution in [0.25, 0.3) is 11.0 Å². The van der Waals surface area contributed by atoms with Gasteiger partial charge < -0.3 is 26.3 Å². The molecule has 0 fully saturated rings. The third kappa shape index (κ3) is 7.26. The zero-order valence-corrected chi connectivity index (χ0v) is 23.5. The first-order valence-corrected chi connectivity index (χ1v) is 13.3. The average molecular weight is 551 g/mol. The van der Waals surface area contributed by atoms with Crippen molar-refractivity contribution in [2.24, 2.45) is 23.3 Å². The van der Waals surface area contributed by atoms with E-state index in [1.165, 1.54) is 29.2 Å². The molecule has 2 aromatic carbocycles. The Morgan fingerprint density at radius 3 is 2.25 bits per heavy atom. The maximum Gasteiger partial charge on any atom is 0.336 e. The second kappa shape index (κ2) is 12.8. The normalized spacial score (nSPS) is 13.7. The molecule has 214 valence electrons. The average Bonchev–Trinajstić information content (AvgIpc) is 2.86. The number of fused-ring (bicyclic) bond motifs is 1. The molecule has 3 amide bonds. The van der Waals surface area contributed by atoms with Crippen molar-refractivity contribution in [3.8, 4) is 5.75 Å². The Hall–Kier alpha value is -4.18. The lowest BCUT2D eigenvalue weighted by Crippen LogP contribution is -2.59. The molecule has 0 radical (unpaired) electrons. The standard InChI is InChI=1S/C30H38N4O6/c1-16(2)12-23(31)29(38)33-27(17(3)4)30(39)34(24(28(32)37)14-19-6-9-21(35)10-7-19)20-8-11-22-18(5)13-26(36)40-25(22)15-20/h6-11,13,15-17,23-24,27,35H,12,14,31H2,1-5H3,(H2,32,37)(H,33,38). The molecule has 3 rings (SSSR count). The first-order valence-electron chi connectivity index (χ1n) is 13.3. The van der Waals surface area contributed by atoms with E-state index in [0.717, 1.165) is 0 Å². The van der Waals surface area contributed by atoms with Crippen molar-refractivity contribution < 1.29 is 23.9 Å². The number of phenols is 1. The summed E-state index contributed by atoms with van der Waals surface area (Å²) in [7, 11) is 0. The molecule has 10 heteroatoms. The third-order valence-corrected chi connectivity index (χ3v) is 6.75. The van der Waals surface area contributed by atoms with Crippen molar-refractivity contribution in [2.75, 3.05) is 4.90 Å². The Morgan fingerprint density at radius 1 is 1.02 bits per heavy atom. The van der Waals surface area contributed by atoms with Crippen LogP contribution in [0.2, 0.25) is 0 Å². The number of anilines is 1. The predicted molar refractivity (Wildman–Crippen MR) is 154 cm³/mol. The second-order valence-corrected chi connectivity index (χ2v) is 10.9. The molecule has 0 bridgehead atoms. The van der Waals surface area contributed by atoms with E-state index < -0.39 is 41.5 Å². The lowest BCUT2D eigenvalue weighted by atomic mass is 9.97. The van der Waals surface area contributed by atoms with Gasteiger partial charge >= 0.3 is 5.63 Å². The number of rotatable bonds is 11. The minimum absolute atomic E-state index is 0.0305. The van der Waals surface area contributed by atoms with Gasteiger partial charge in [0.2, 0.25) is 11.8 Å². The van der Waals surface area contributed by atoms with E-state index in [1.807, 2.05) is 13.8 Å². The number of benzene rings is 2. The van der Waals surface area contributed by atoms with Crippen molar-refractivity contribution in [3.63, 3.8) is 0 Å². The van der Waals surface area contributed by atoms with Crippen molar-refractivity contribution in [1.29, 1.82) is 0 Å². The molecule has 3 unspecified atom stereocenters. The molecule has 10 nitrogen and oxygen atoms in total. The van der Waals surface area contributed by atoms with E-state index in [2.05, 4.69) is 5.32 Å². The van der Waals surface area contributed by atoms with Gasteiger partial charge in [-0.3, -0.25) is 19.3 Å². The molecule has 0 saturated carbocycles. The summed E-state index contributed by atoms with van der Waals surface area (Å²) in [4.78, 5) is 53.5. The van der Waals surface area contributed by atoms with Crippen LogP contribution in [0, 0.1) is 18.8 Å². The van der Waals surface area contributed by atoms with Crippen LogP contribution in [-0.4, -0.2) is 41.0 Å². The fourth-order valence-electron chi connectivity index (χ4n) is 4.64. The smallest absolute Gasteiger partial charge is 0.336 e. The number of aromatic hydroxyl groups is 1. The molecule has 3 aromatic rings. The maximum absolute atomic E-state index is 14.3. The summed E-state index contributed by atoms with van der Waals surface area (Å²) < 4.78 is 5.40. The summed E-state index contributed by atoms with van der Waals surface area (Å²) >= 11 is 0. The summed E-state index contributed by atoms with van der Waals surface area (Å²) in [5, 5.41) is 13.1. The van der Waals surface area contributed by atoms with Gasteiger partial charge in [-0.25, -0.2) is 4.79 Å². The number of nitrogens with zero attached hydrogens (tertiary/aromatic N) is 1. The first-order chi connectivity index (χ1) is 18.8. The Labute approximate surface area is 233 Å². The van der Waals surface area contributed by atoms with Gasteiger partial charge in [0.1, 0.15) is 23.4 Å². The van der Waals surface area contributed by atoms with Crippen molar-refractivity contribution in [2.45, 2.75) is 65.6 Å². The largest absolute Gasteiger partial charge is 0.508 e. The van der Waals surface area contributed by atoms with Crippen LogP contribution < -0.4 is 27.3 Å². The Morgan fingerprint density at radius 2 is 1.68 bits per heavy atom. The number of nitrogens with one attached hydrogen (secondary N) is 1. The van der Waals surface area contributed by atoms with E-state index in [4.69, 9.17) is 15.9 Å². The molecule has 40 heavy (non-hydrogen) atoms. The lowest BCUT2D eigenvalue weighted by Gasteiger charge is -2.35.